The van der Waals surface area contributed by atoms with Gasteiger partial charge in [0.25, 0.3) is 0 Å². The lowest BCUT2D eigenvalue weighted by Crippen LogP contribution is -2.27. The molecule has 0 radical (unpaired) electrons. The number of nitrogens with two attached hydrogens (primary N) is 1. The Hall–Kier alpha value is -1.31. The summed E-state index contributed by atoms with van der Waals surface area (Å²) < 4.78 is 31.0. The molecular formula is C12H19N3O3S. The van der Waals surface area contributed by atoms with Crippen LogP contribution in [0.2, 0.25) is 0 Å². The molecule has 7 heteroatoms. The molecule has 19 heavy (non-hydrogen) atoms. The largest absolute Gasteiger partial charge is 0.397 e. The molecule has 106 valence electrons. The van der Waals surface area contributed by atoms with E-state index in [9.17, 15) is 8.42 Å². The lowest BCUT2D eigenvalue weighted by Gasteiger charge is -2.19. The molecular weight excluding hydrogens is 266 g/mol. The van der Waals surface area contributed by atoms with Crippen molar-refractivity contribution in [1.82, 2.24) is 4.72 Å². The van der Waals surface area contributed by atoms with E-state index in [0.717, 1.165) is 18.7 Å². The summed E-state index contributed by atoms with van der Waals surface area (Å²) in [6.07, 6.45) is 1.04. The third-order valence-electron chi connectivity index (χ3n) is 3.32. The molecule has 0 aromatic heterocycles. The van der Waals surface area contributed by atoms with Crippen LogP contribution in [0.15, 0.2) is 23.1 Å². The molecule has 0 amide bonds. The molecule has 1 aliphatic rings. The highest BCUT2D eigenvalue weighted by molar-refractivity contribution is 7.89. The van der Waals surface area contributed by atoms with Crippen LogP contribution in [0.4, 0.5) is 11.4 Å². The van der Waals surface area contributed by atoms with Gasteiger partial charge in [0.1, 0.15) is 0 Å². The van der Waals surface area contributed by atoms with Crippen molar-refractivity contribution < 1.29 is 13.2 Å². The Morgan fingerprint density at radius 1 is 1.42 bits per heavy atom. The number of anilines is 2. The highest BCUT2D eigenvalue weighted by Gasteiger charge is 2.24. The van der Waals surface area contributed by atoms with Gasteiger partial charge in [-0.3, -0.25) is 0 Å². The van der Waals surface area contributed by atoms with Crippen LogP contribution in [-0.4, -0.2) is 34.2 Å². The summed E-state index contributed by atoms with van der Waals surface area (Å²) in [5.41, 5.74) is 7.05. The monoisotopic (exact) mass is 285 g/mol. The smallest absolute Gasteiger partial charge is 0.240 e. The molecule has 6 nitrogen and oxygen atoms in total. The fraction of sp³-hybridized carbons (Fsp3) is 0.500. The third-order valence-corrected chi connectivity index (χ3v) is 4.73. The Morgan fingerprint density at radius 2 is 2.16 bits per heavy atom. The van der Waals surface area contributed by atoms with Crippen LogP contribution < -0.4 is 15.8 Å². The minimum atomic E-state index is -3.46. The zero-order valence-electron chi connectivity index (χ0n) is 11.0. The predicted molar refractivity (Wildman–Crippen MR) is 74.5 cm³/mol. The van der Waals surface area contributed by atoms with Crippen LogP contribution in [0.25, 0.3) is 0 Å². The minimum Gasteiger partial charge on any atom is -0.397 e. The molecule has 4 N–H and O–H groups in total. The van der Waals surface area contributed by atoms with E-state index in [4.69, 9.17) is 10.5 Å². The standard InChI is InChI=1S/C12H19N3O3S/c1-8-11(5-6-18-8)15-12-4-3-9(7-10(12)13)19(16,17)14-2/h3-4,7-8,11,14-15H,5-6,13H2,1-2H3. The van der Waals surface area contributed by atoms with Gasteiger partial charge in [-0.1, -0.05) is 0 Å². The number of sulfonamides is 1. The van der Waals surface area contributed by atoms with Gasteiger partial charge in [-0.2, -0.15) is 0 Å². The van der Waals surface area contributed by atoms with Gasteiger partial charge < -0.3 is 15.8 Å². The molecule has 2 atom stereocenters. The molecule has 2 rings (SSSR count). The summed E-state index contributed by atoms with van der Waals surface area (Å²) in [5, 5.41) is 3.29. The van der Waals surface area contributed by atoms with Gasteiger partial charge in [-0.25, -0.2) is 13.1 Å². The summed E-state index contributed by atoms with van der Waals surface area (Å²) in [4.78, 5) is 0.161. The molecule has 0 bridgehead atoms. The first-order chi connectivity index (χ1) is 8.94. The lowest BCUT2D eigenvalue weighted by atomic mass is 10.1. The highest BCUT2D eigenvalue weighted by Crippen LogP contribution is 2.26. The number of nitrogens with one attached hydrogen (secondary N) is 2. The van der Waals surface area contributed by atoms with Crippen LogP contribution in [0.3, 0.4) is 0 Å². The number of rotatable bonds is 4. The first kappa shape index (κ1) is 14.1. The van der Waals surface area contributed by atoms with Gasteiger partial charge in [-0.15, -0.1) is 0 Å². The normalized spacial score (nSPS) is 23.5. The summed E-state index contributed by atoms with van der Waals surface area (Å²) >= 11 is 0. The van der Waals surface area contributed by atoms with Crippen LogP contribution in [0.5, 0.6) is 0 Å². The second-order valence-corrected chi connectivity index (χ2v) is 6.46. The Balaban J connectivity index is 2.20. The first-order valence-corrected chi connectivity index (χ1v) is 7.63. The fourth-order valence-corrected chi connectivity index (χ4v) is 2.84. The molecule has 1 heterocycles. The van der Waals surface area contributed by atoms with E-state index in [1.807, 2.05) is 6.92 Å². The maximum atomic E-state index is 11.7. The molecule has 1 aromatic rings. The topological polar surface area (TPSA) is 93.5 Å². The van der Waals surface area contributed by atoms with E-state index < -0.39 is 10.0 Å². The molecule has 0 spiro atoms. The van der Waals surface area contributed by atoms with Crippen molar-refractivity contribution in [2.24, 2.45) is 0 Å². The number of benzene rings is 1. The first-order valence-electron chi connectivity index (χ1n) is 6.15. The van der Waals surface area contributed by atoms with Crippen molar-refractivity contribution >= 4 is 21.4 Å². The highest BCUT2D eigenvalue weighted by atomic mass is 32.2. The Bertz CT molecular complexity index is 559. The van der Waals surface area contributed by atoms with Crippen molar-refractivity contribution in [3.05, 3.63) is 18.2 Å². The minimum absolute atomic E-state index is 0.125. The average molecular weight is 285 g/mol. The summed E-state index contributed by atoms with van der Waals surface area (Å²) in [6.45, 7) is 2.73. The van der Waals surface area contributed by atoms with E-state index in [2.05, 4.69) is 10.0 Å². The SMILES string of the molecule is CNS(=O)(=O)c1ccc(NC2CCOC2C)c(N)c1. The molecule has 0 saturated carbocycles. The average Bonchev–Trinajstić information content (AvgIpc) is 2.77. The number of ether oxygens (including phenoxy) is 1. The Kier molecular flexibility index (Phi) is 3.98. The summed E-state index contributed by atoms with van der Waals surface area (Å²) in [6, 6.07) is 4.87. The maximum Gasteiger partial charge on any atom is 0.240 e. The quantitative estimate of drug-likeness (QED) is 0.710. The Morgan fingerprint density at radius 3 is 2.68 bits per heavy atom. The molecule has 1 saturated heterocycles. The second-order valence-electron chi connectivity index (χ2n) is 4.57. The number of hydrogen-bond donors (Lipinski definition) is 3. The van der Waals surface area contributed by atoms with Gasteiger partial charge in [0.15, 0.2) is 0 Å². The van der Waals surface area contributed by atoms with Crippen molar-refractivity contribution in [3.63, 3.8) is 0 Å². The zero-order valence-corrected chi connectivity index (χ0v) is 11.8. The van der Waals surface area contributed by atoms with Gasteiger partial charge in [0.05, 0.1) is 28.4 Å². The van der Waals surface area contributed by atoms with Crippen molar-refractivity contribution in [1.29, 1.82) is 0 Å². The third kappa shape index (κ3) is 2.99. The molecule has 1 fully saturated rings. The van der Waals surface area contributed by atoms with E-state index in [-0.39, 0.29) is 17.0 Å². The van der Waals surface area contributed by atoms with Crippen LogP contribution in [0, 0.1) is 0 Å². The van der Waals surface area contributed by atoms with Crippen molar-refractivity contribution in [3.8, 4) is 0 Å². The maximum absolute atomic E-state index is 11.7. The van der Waals surface area contributed by atoms with Crippen LogP contribution >= 0.6 is 0 Å². The fourth-order valence-electron chi connectivity index (χ4n) is 2.08. The number of nitrogen functional groups attached to an aromatic ring is 1. The van der Waals surface area contributed by atoms with Crippen molar-refractivity contribution in [2.75, 3.05) is 24.7 Å². The number of hydrogen-bond acceptors (Lipinski definition) is 5. The van der Waals surface area contributed by atoms with Crippen molar-refractivity contribution in [2.45, 2.75) is 30.4 Å². The summed E-state index contributed by atoms with van der Waals surface area (Å²) in [5.74, 6) is 0. The summed E-state index contributed by atoms with van der Waals surface area (Å²) in [7, 11) is -2.09. The van der Waals surface area contributed by atoms with E-state index in [0.29, 0.717) is 5.69 Å². The second kappa shape index (κ2) is 5.36. The predicted octanol–water partition coefficient (Wildman–Crippen LogP) is 0.766. The molecule has 0 aliphatic carbocycles. The van der Waals surface area contributed by atoms with E-state index in [1.54, 1.807) is 6.07 Å². The zero-order chi connectivity index (χ0) is 14.0. The van der Waals surface area contributed by atoms with Gasteiger partial charge in [-0.05, 0) is 38.6 Å². The lowest BCUT2D eigenvalue weighted by molar-refractivity contribution is 0.121. The van der Waals surface area contributed by atoms with Crippen LogP contribution in [-0.2, 0) is 14.8 Å². The van der Waals surface area contributed by atoms with E-state index in [1.165, 1.54) is 19.2 Å². The molecule has 1 aliphatic heterocycles. The van der Waals surface area contributed by atoms with Gasteiger partial charge in [0, 0.05) is 6.61 Å². The van der Waals surface area contributed by atoms with Gasteiger partial charge >= 0.3 is 0 Å². The van der Waals surface area contributed by atoms with Crippen LogP contribution in [0.1, 0.15) is 13.3 Å². The Labute approximate surface area is 113 Å². The molecule has 2 unspecified atom stereocenters. The van der Waals surface area contributed by atoms with Gasteiger partial charge in [0.2, 0.25) is 10.0 Å². The molecule has 1 aromatic carbocycles. The van der Waals surface area contributed by atoms with E-state index >= 15 is 0 Å².